The molecule has 2 rings (SSSR count). The first-order valence-electron chi connectivity index (χ1n) is 4.85. The second-order valence-corrected chi connectivity index (χ2v) is 5.05. The van der Waals surface area contributed by atoms with Gasteiger partial charge in [0.1, 0.15) is 16.8 Å². The summed E-state index contributed by atoms with van der Waals surface area (Å²) in [6.45, 7) is 3.25. The second kappa shape index (κ2) is 3.63. The van der Waals surface area contributed by atoms with E-state index in [4.69, 9.17) is 9.52 Å². The van der Waals surface area contributed by atoms with Gasteiger partial charge in [-0.1, -0.05) is 12.1 Å². The molecule has 4 heteroatoms. The largest absolute Gasteiger partial charge is 0.481 e. The number of fused-ring (bicyclic) bond motifs is 1. The zero-order chi connectivity index (χ0) is 11.9. The molecule has 1 aromatic heterocycles. The SMILES string of the molecule is CC(C)(C(=O)O)c1cc2cccc(Br)c2o1. The summed E-state index contributed by atoms with van der Waals surface area (Å²) in [5, 5.41) is 10.0. The summed E-state index contributed by atoms with van der Waals surface area (Å²) in [6, 6.07) is 7.42. The number of hydrogen-bond donors (Lipinski definition) is 1. The zero-order valence-corrected chi connectivity index (χ0v) is 10.5. The fourth-order valence-corrected chi connectivity index (χ4v) is 1.90. The number of carbonyl (C=O) groups is 1. The van der Waals surface area contributed by atoms with E-state index in [1.807, 2.05) is 18.2 Å². The van der Waals surface area contributed by atoms with Crippen LogP contribution in [0.15, 0.2) is 33.2 Å². The van der Waals surface area contributed by atoms with E-state index in [-0.39, 0.29) is 0 Å². The van der Waals surface area contributed by atoms with E-state index in [9.17, 15) is 4.79 Å². The molecular weight excluding hydrogens is 272 g/mol. The van der Waals surface area contributed by atoms with E-state index in [2.05, 4.69) is 15.9 Å². The summed E-state index contributed by atoms with van der Waals surface area (Å²) in [5.74, 6) is -0.440. The van der Waals surface area contributed by atoms with E-state index >= 15 is 0 Å². The van der Waals surface area contributed by atoms with Crippen molar-refractivity contribution in [3.05, 3.63) is 34.5 Å². The van der Waals surface area contributed by atoms with Gasteiger partial charge in [0.2, 0.25) is 0 Å². The quantitative estimate of drug-likeness (QED) is 0.916. The van der Waals surface area contributed by atoms with Crippen LogP contribution in [0.1, 0.15) is 19.6 Å². The van der Waals surface area contributed by atoms with Crippen LogP contribution in [0.25, 0.3) is 11.0 Å². The molecule has 0 spiro atoms. The lowest BCUT2D eigenvalue weighted by atomic mass is 9.90. The van der Waals surface area contributed by atoms with Gasteiger partial charge in [-0.2, -0.15) is 0 Å². The Bertz CT molecular complexity index is 554. The number of carboxylic acid groups (broad SMARTS) is 1. The molecule has 0 radical (unpaired) electrons. The predicted molar refractivity (Wildman–Crippen MR) is 64.6 cm³/mol. The summed E-state index contributed by atoms with van der Waals surface area (Å²) in [5.41, 5.74) is -0.329. The Hall–Kier alpha value is -1.29. The summed E-state index contributed by atoms with van der Waals surface area (Å²) >= 11 is 3.37. The molecule has 0 saturated carbocycles. The maximum Gasteiger partial charge on any atom is 0.316 e. The van der Waals surface area contributed by atoms with Crippen molar-refractivity contribution in [2.75, 3.05) is 0 Å². The molecule has 84 valence electrons. The van der Waals surface area contributed by atoms with Gasteiger partial charge in [0, 0.05) is 5.39 Å². The topological polar surface area (TPSA) is 50.4 Å². The average molecular weight is 283 g/mol. The van der Waals surface area contributed by atoms with Crippen molar-refractivity contribution in [2.45, 2.75) is 19.3 Å². The first-order chi connectivity index (χ1) is 7.43. The van der Waals surface area contributed by atoms with Crippen molar-refractivity contribution < 1.29 is 14.3 Å². The van der Waals surface area contributed by atoms with E-state index in [1.165, 1.54) is 0 Å². The van der Waals surface area contributed by atoms with Gasteiger partial charge in [0.15, 0.2) is 0 Å². The molecule has 0 bridgehead atoms. The number of benzene rings is 1. The summed E-state index contributed by atoms with van der Waals surface area (Å²) < 4.78 is 6.43. The van der Waals surface area contributed by atoms with Gasteiger partial charge < -0.3 is 9.52 Å². The number of para-hydroxylation sites is 1. The maximum atomic E-state index is 11.1. The number of rotatable bonds is 2. The van der Waals surface area contributed by atoms with Crippen LogP contribution < -0.4 is 0 Å². The third kappa shape index (κ3) is 1.63. The van der Waals surface area contributed by atoms with Gasteiger partial charge in [0.25, 0.3) is 0 Å². The zero-order valence-electron chi connectivity index (χ0n) is 8.95. The predicted octanol–water partition coefficient (Wildman–Crippen LogP) is 3.56. The van der Waals surface area contributed by atoms with Crippen molar-refractivity contribution in [2.24, 2.45) is 0 Å². The van der Waals surface area contributed by atoms with Crippen LogP contribution in [-0.4, -0.2) is 11.1 Å². The van der Waals surface area contributed by atoms with E-state index in [0.717, 1.165) is 9.86 Å². The fraction of sp³-hybridized carbons (Fsp3) is 0.250. The lowest BCUT2D eigenvalue weighted by Gasteiger charge is -2.15. The third-order valence-electron chi connectivity index (χ3n) is 2.65. The molecule has 0 amide bonds. The van der Waals surface area contributed by atoms with Gasteiger partial charge in [0.05, 0.1) is 4.47 Å². The highest BCUT2D eigenvalue weighted by Crippen LogP contribution is 2.33. The van der Waals surface area contributed by atoms with Crippen molar-refractivity contribution in [3.63, 3.8) is 0 Å². The first-order valence-corrected chi connectivity index (χ1v) is 5.64. The van der Waals surface area contributed by atoms with Gasteiger partial charge in [-0.25, -0.2) is 0 Å². The smallest absolute Gasteiger partial charge is 0.316 e. The highest BCUT2D eigenvalue weighted by Gasteiger charge is 2.33. The van der Waals surface area contributed by atoms with Crippen molar-refractivity contribution >= 4 is 32.9 Å². The molecule has 0 fully saturated rings. The van der Waals surface area contributed by atoms with Crippen LogP contribution >= 0.6 is 15.9 Å². The molecule has 1 N–H and O–H groups in total. The number of halogens is 1. The third-order valence-corrected chi connectivity index (χ3v) is 3.27. The highest BCUT2D eigenvalue weighted by molar-refractivity contribution is 9.10. The van der Waals surface area contributed by atoms with Gasteiger partial charge in [-0.05, 0) is 41.9 Å². The first kappa shape index (κ1) is 11.2. The minimum Gasteiger partial charge on any atom is -0.481 e. The van der Waals surface area contributed by atoms with E-state index in [0.29, 0.717) is 11.3 Å². The lowest BCUT2D eigenvalue weighted by Crippen LogP contribution is -2.27. The lowest BCUT2D eigenvalue weighted by molar-refractivity contribution is -0.143. The second-order valence-electron chi connectivity index (χ2n) is 4.20. The Balaban J connectivity index is 2.64. The molecule has 0 aliphatic rings. The highest BCUT2D eigenvalue weighted by atomic mass is 79.9. The average Bonchev–Trinajstić information content (AvgIpc) is 2.63. The molecular formula is C12H11BrO3. The molecule has 0 atom stereocenters. The Morgan fingerprint density at radius 2 is 2.12 bits per heavy atom. The normalized spacial score (nSPS) is 11.9. The van der Waals surface area contributed by atoms with Gasteiger partial charge in [-0.15, -0.1) is 0 Å². The van der Waals surface area contributed by atoms with Crippen LogP contribution in [0.3, 0.4) is 0 Å². The van der Waals surface area contributed by atoms with E-state index in [1.54, 1.807) is 19.9 Å². The van der Waals surface area contributed by atoms with Crippen LogP contribution in [0.4, 0.5) is 0 Å². The molecule has 0 aliphatic heterocycles. The summed E-state index contributed by atoms with van der Waals surface area (Å²) in [7, 11) is 0. The number of furan rings is 1. The number of aliphatic carboxylic acids is 1. The van der Waals surface area contributed by atoms with Crippen molar-refractivity contribution in [1.29, 1.82) is 0 Å². The molecule has 0 unspecified atom stereocenters. The molecule has 3 nitrogen and oxygen atoms in total. The molecule has 0 aliphatic carbocycles. The molecule has 2 aromatic rings. The van der Waals surface area contributed by atoms with Crippen LogP contribution in [0.5, 0.6) is 0 Å². The van der Waals surface area contributed by atoms with E-state index < -0.39 is 11.4 Å². The minimum atomic E-state index is -1.02. The summed E-state index contributed by atoms with van der Waals surface area (Å²) in [4.78, 5) is 11.1. The standard InChI is InChI=1S/C12H11BrO3/c1-12(2,11(14)15)9-6-7-4-3-5-8(13)10(7)16-9/h3-6H,1-2H3,(H,14,15). The number of carboxylic acids is 1. The van der Waals surface area contributed by atoms with Crippen LogP contribution in [0.2, 0.25) is 0 Å². The maximum absolute atomic E-state index is 11.1. The molecule has 1 aromatic carbocycles. The molecule has 1 heterocycles. The minimum absolute atomic E-state index is 0.460. The molecule has 0 saturated heterocycles. The number of hydrogen-bond acceptors (Lipinski definition) is 2. The van der Waals surface area contributed by atoms with Crippen molar-refractivity contribution in [1.82, 2.24) is 0 Å². The monoisotopic (exact) mass is 282 g/mol. The van der Waals surface area contributed by atoms with Crippen LogP contribution in [-0.2, 0) is 10.2 Å². The Kier molecular flexibility index (Phi) is 2.54. The Morgan fingerprint density at radius 1 is 1.44 bits per heavy atom. The Morgan fingerprint density at radius 3 is 2.69 bits per heavy atom. The molecule has 16 heavy (non-hydrogen) atoms. The fourth-order valence-electron chi connectivity index (χ4n) is 1.44. The van der Waals surface area contributed by atoms with Crippen LogP contribution in [0, 0.1) is 0 Å². The van der Waals surface area contributed by atoms with Gasteiger partial charge >= 0.3 is 5.97 Å². The van der Waals surface area contributed by atoms with Gasteiger partial charge in [-0.3, -0.25) is 4.79 Å². The van der Waals surface area contributed by atoms with Crippen molar-refractivity contribution in [3.8, 4) is 0 Å². The Labute approximate surface area is 101 Å². The summed E-state index contributed by atoms with van der Waals surface area (Å²) in [6.07, 6.45) is 0.